The van der Waals surface area contributed by atoms with Gasteiger partial charge in [0.1, 0.15) is 11.5 Å². The first kappa shape index (κ1) is 24.7. The number of carbonyl (C=O) groups is 1. The van der Waals surface area contributed by atoms with Crippen LogP contribution in [0, 0.1) is 0 Å². The molecule has 2 aliphatic heterocycles. The fourth-order valence-corrected chi connectivity index (χ4v) is 5.91. The van der Waals surface area contributed by atoms with Gasteiger partial charge in [-0.05, 0) is 56.3 Å². The summed E-state index contributed by atoms with van der Waals surface area (Å²) in [6.07, 6.45) is 5.63. The Morgan fingerprint density at radius 3 is 2.62 bits per heavy atom. The van der Waals surface area contributed by atoms with Gasteiger partial charge in [0.15, 0.2) is 5.82 Å². The normalized spacial score (nSPS) is 17.6. The van der Waals surface area contributed by atoms with Gasteiger partial charge in [0, 0.05) is 79.0 Å². The second-order valence-corrected chi connectivity index (χ2v) is 10.9. The molecule has 3 N–H and O–H groups in total. The summed E-state index contributed by atoms with van der Waals surface area (Å²) in [4.78, 5) is 33.0. The van der Waals surface area contributed by atoms with Crippen LogP contribution in [0.5, 0.6) is 0 Å². The molecule has 204 valence electrons. The highest BCUT2D eigenvalue weighted by atomic mass is 16.2. The van der Waals surface area contributed by atoms with Crippen molar-refractivity contribution in [2.75, 3.05) is 51.6 Å². The average Bonchev–Trinajstić information content (AvgIpc) is 3.64. The summed E-state index contributed by atoms with van der Waals surface area (Å²) < 4.78 is 0. The van der Waals surface area contributed by atoms with Gasteiger partial charge in [-0.1, -0.05) is 12.1 Å². The smallest absolute Gasteiger partial charge is 0.270 e. The third-order valence-electron chi connectivity index (χ3n) is 8.29. The molecule has 2 aliphatic rings. The highest BCUT2D eigenvalue weighted by Gasteiger charge is 2.29. The van der Waals surface area contributed by atoms with Gasteiger partial charge >= 0.3 is 0 Å². The number of piperidine rings is 1. The van der Waals surface area contributed by atoms with Crippen molar-refractivity contribution in [3.63, 3.8) is 0 Å². The molecule has 0 aliphatic carbocycles. The number of nitrogens with zero attached hydrogens (tertiary/aromatic N) is 6. The summed E-state index contributed by atoms with van der Waals surface area (Å²) in [5.41, 5.74) is 4.34. The van der Waals surface area contributed by atoms with Crippen molar-refractivity contribution in [2.45, 2.75) is 18.9 Å². The second-order valence-electron chi connectivity index (χ2n) is 10.9. The number of H-pyrrole nitrogens is 2. The molecule has 2 saturated heterocycles. The zero-order chi connectivity index (χ0) is 27.1. The number of benzene rings is 2. The van der Waals surface area contributed by atoms with E-state index in [1.807, 2.05) is 53.4 Å². The maximum absolute atomic E-state index is 13.4. The topological polar surface area (TPSA) is 109 Å². The summed E-state index contributed by atoms with van der Waals surface area (Å²) in [6.45, 7) is 6.12. The molecular weight excluding hydrogens is 502 g/mol. The van der Waals surface area contributed by atoms with E-state index >= 15 is 0 Å². The zero-order valence-corrected chi connectivity index (χ0v) is 22.6. The van der Waals surface area contributed by atoms with Crippen LogP contribution in [0.3, 0.4) is 0 Å². The van der Waals surface area contributed by atoms with E-state index in [1.165, 1.54) is 0 Å². The third-order valence-corrected chi connectivity index (χ3v) is 8.29. The molecule has 40 heavy (non-hydrogen) atoms. The Bertz CT molecular complexity index is 1660. The second kappa shape index (κ2) is 10.4. The summed E-state index contributed by atoms with van der Waals surface area (Å²) in [5, 5.41) is 12.4. The molecule has 0 bridgehead atoms. The minimum absolute atomic E-state index is 0.0756. The summed E-state index contributed by atoms with van der Waals surface area (Å²) in [7, 11) is 2.19. The summed E-state index contributed by atoms with van der Waals surface area (Å²) >= 11 is 0. The van der Waals surface area contributed by atoms with Gasteiger partial charge in [0.05, 0.1) is 11.7 Å². The van der Waals surface area contributed by atoms with Crippen LogP contribution in [-0.4, -0.2) is 98.1 Å². The van der Waals surface area contributed by atoms with Crippen molar-refractivity contribution in [1.29, 1.82) is 0 Å². The van der Waals surface area contributed by atoms with Gasteiger partial charge < -0.3 is 20.1 Å². The lowest BCUT2D eigenvalue weighted by atomic mass is 10.0. The number of piperazine rings is 1. The monoisotopic (exact) mass is 535 g/mol. The summed E-state index contributed by atoms with van der Waals surface area (Å²) in [5.74, 6) is 1.40. The van der Waals surface area contributed by atoms with Crippen molar-refractivity contribution >= 4 is 39.2 Å². The predicted molar refractivity (Wildman–Crippen MR) is 157 cm³/mol. The van der Waals surface area contributed by atoms with Gasteiger partial charge in [-0.25, -0.2) is 9.97 Å². The van der Waals surface area contributed by atoms with E-state index in [4.69, 9.17) is 4.98 Å². The van der Waals surface area contributed by atoms with E-state index < -0.39 is 0 Å². The van der Waals surface area contributed by atoms with Gasteiger partial charge in [-0.3, -0.25) is 14.8 Å². The maximum Gasteiger partial charge on any atom is 0.270 e. The molecule has 0 spiro atoms. The number of hydrogen-bond donors (Lipinski definition) is 3. The number of fused-ring (bicyclic) bond motifs is 2. The largest absolute Gasteiger partial charge is 0.351 e. The van der Waals surface area contributed by atoms with Crippen LogP contribution >= 0.6 is 0 Å². The predicted octanol–water partition coefficient (Wildman–Crippen LogP) is 4.10. The number of likely N-dealkylation sites (N-methyl/N-ethyl adjacent to an activating group) is 1. The fourth-order valence-electron chi connectivity index (χ4n) is 5.91. The quantitative estimate of drug-likeness (QED) is 0.311. The van der Waals surface area contributed by atoms with Crippen molar-refractivity contribution in [1.82, 2.24) is 39.8 Å². The fraction of sp³-hybridized carbons (Fsp3) is 0.333. The lowest BCUT2D eigenvalue weighted by molar-refractivity contribution is 0.0515. The molecule has 5 heterocycles. The molecule has 2 fully saturated rings. The number of rotatable bonds is 5. The van der Waals surface area contributed by atoms with E-state index in [9.17, 15) is 4.79 Å². The molecule has 10 nitrogen and oxygen atoms in total. The molecule has 2 aromatic carbocycles. The number of likely N-dealkylation sites (tertiary alicyclic amines) is 1. The Balaban J connectivity index is 1.04. The Hall–Kier alpha value is -4.28. The maximum atomic E-state index is 13.4. The van der Waals surface area contributed by atoms with Crippen molar-refractivity contribution in [3.8, 4) is 11.4 Å². The van der Waals surface area contributed by atoms with Crippen LogP contribution in [0.15, 0.2) is 60.9 Å². The third kappa shape index (κ3) is 4.91. The average molecular weight is 536 g/mol. The molecule has 0 radical (unpaired) electrons. The van der Waals surface area contributed by atoms with Crippen LogP contribution in [-0.2, 0) is 0 Å². The number of carbonyl (C=O) groups excluding carboxylic acids is 1. The van der Waals surface area contributed by atoms with Gasteiger partial charge in [0.2, 0.25) is 0 Å². The molecule has 10 heteroatoms. The van der Waals surface area contributed by atoms with Crippen LogP contribution in [0.4, 0.5) is 11.5 Å². The van der Waals surface area contributed by atoms with E-state index in [-0.39, 0.29) is 5.91 Å². The molecule has 0 saturated carbocycles. The van der Waals surface area contributed by atoms with Crippen molar-refractivity contribution < 1.29 is 4.79 Å². The lowest BCUT2D eigenvalue weighted by Crippen LogP contribution is -2.53. The van der Waals surface area contributed by atoms with Crippen LogP contribution < -0.4 is 5.32 Å². The van der Waals surface area contributed by atoms with Crippen LogP contribution in [0.25, 0.3) is 33.2 Å². The van der Waals surface area contributed by atoms with Crippen LogP contribution in [0.1, 0.15) is 23.3 Å². The highest BCUT2D eigenvalue weighted by Crippen LogP contribution is 2.26. The lowest BCUT2D eigenvalue weighted by Gasteiger charge is -2.42. The van der Waals surface area contributed by atoms with Crippen molar-refractivity contribution in [3.05, 3.63) is 66.6 Å². The Morgan fingerprint density at radius 2 is 1.77 bits per heavy atom. The van der Waals surface area contributed by atoms with E-state index in [2.05, 4.69) is 42.3 Å². The van der Waals surface area contributed by atoms with Crippen molar-refractivity contribution in [2.24, 2.45) is 0 Å². The first-order valence-electron chi connectivity index (χ1n) is 14.0. The number of nitrogens with one attached hydrogen (secondary N) is 3. The molecule has 7 rings (SSSR count). The molecular formula is C30H33N9O. The Kier molecular flexibility index (Phi) is 6.41. The number of aromatic amines is 2. The standard InChI is InChI=1S/C30H33N9O/c1-37-12-14-38(15-13-37)24-7-10-39(11-8-24)30(40)27-17-20-2-3-21(18-26(20)34-27)29-31-9-6-28(35-29)33-23-4-5-25-22(16-23)19-32-36-25/h2-6,9,16-19,24,34H,7-8,10-15H2,1H3,(H,32,36)(H,31,33,35). The number of amides is 1. The zero-order valence-electron chi connectivity index (χ0n) is 22.6. The molecule has 0 atom stereocenters. The van der Waals surface area contributed by atoms with Gasteiger partial charge in [0.25, 0.3) is 5.91 Å². The number of aromatic nitrogens is 5. The molecule has 3 aromatic heterocycles. The summed E-state index contributed by atoms with van der Waals surface area (Å²) in [6, 6.07) is 16.4. The van der Waals surface area contributed by atoms with E-state index in [0.29, 0.717) is 23.4 Å². The van der Waals surface area contributed by atoms with Gasteiger partial charge in [-0.15, -0.1) is 0 Å². The minimum Gasteiger partial charge on any atom is -0.351 e. The molecule has 5 aromatic rings. The first-order valence-corrected chi connectivity index (χ1v) is 14.0. The molecule has 1 amide bonds. The van der Waals surface area contributed by atoms with Crippen LogP contribution in [0.2, 0.25) is 0 Å². The van der Waals surface area contributed by atoms with E-state index in [0.717, 1.165) is 85.2 Å². The molecule has 0 unspecified atom stereocenters. The van der Waals surface area contributed by atoms with E-state index in [1.54, 1.807) is 12.4 Å². The first-order chi connectivity index (χ1) is 19.6. The number of hydrogen-bond acceptors (Lipinski definition) is 7. The van der Waals surface area contributed by atoms with Gasteiger partial charge in [-0.2, -0.15) is 5.10 Å². The Morgan fingerprint density at radius 1 is 0.925 bits per heavy atom. The minimum atomic E-state index is 0.0756. The highest BCUT2D eigenvalue weighted by molar-refractivity contribution is 5.98. The Labute approximate surface area is 232 Å². The number of anilines is 2. The SMILES string of the molecule is CN1CCN(C2CCN(C(=O)c3cc4ccc(-c5nccc(Nc6ccc7[nH]ncc7c6)n5)cc4[nH]3)CC2)CC1.